The van der Waals surface area contributed by atoms with Gasteiger partial charge >= 0.3 is 0 Å². The van der Waals surface area contributed by atoms with Crippen molar-refractivity contribution in [3.05, 3.63) is 137 Å². The van der Waals surface area contributed by atoms with Gasteiger partial charge in [-0.25, -0.2) is 0 Å². The predicted molar refractivity (Wildman–Crippen MR) is 207 cm³/mol. The molecule has 1 atom stereocenters. The highest BCUT2D eigenvalue weighted by Gasteiger charge is 2.22. The lowest BCUT2D eigenvalue weighted by atomic mass is 9.78. The molecule has 0 aliphatic rings. The first-order valence-corrected chi connectivity index (χ1v) is 17.7. The van der Waals surface area contributed by atoms with E-state index >= 15 is 0 Å². The Morgan fingerprint density at radius 3 is 1.49 bits per heavy atom. The maximum absolute atomic E-state index is 3.78. The van der Waals surface area contributed by atoms with E-state index in [1.807, 2.05) is 0 Å². The van der Waals surface area contributed by atoms with Crippen molar-refractivity contribution in [1.29, 1.82) is 0 Å². The zero-order valence-electron chi connectivity index (χ0n) is 30.0. The first-order chi connectivity index (χ1) is 22.7. The third-order valence-electron chi connectivity index (χ3n) is 10.2. The van der Waals surface area contributed by atoms with Crippen LogP contribution in [0.15, 0.2) is 109 Å². The molecule has 0 saturated heterocycles. The van der Waals surface area contributed by atoms with Crippen LogP contribution in [0.1, 0.15) is 95.0 Å². The van der Waals surface area contributed by atoms with Crippen molar-refractivity contribution in [1.82, 2.24) is 0 Å². The van der Waals surface area contributed by atoms with Crippen LogP contribution in [0.5, 0.6) is 0 Å². The fourth-order valence-electron chi connectivity index (χ4n) is 6.83. The lowest BCUT2D eigenvalue weighted by Gasteiger charge is -2.27. The summed E-state index contributed by atoms with van der Waals surface area (Å²) in [5, 5.41) is 6.33. The molecule has 1 unspecified atom stereocenters. The summed E-state index contributed by atoms with van der Waals surface area (Å²) in [5.74, 6) is 0.624. The molecule has 0 heterocycles. The first kappa shape index (κ1) is 34.1. The van der Waals surface area contributed by atoms with Crippen LogP contribution in [0.2, 0.25) is 0 Å². The van der Waals surface area contributed by atoms with Gasteiger partial charge in [-0.3, -0.25) is 0 Å². The van der Waals surface area contributed by atoms with Gasteiger partial charge in [0.25, 0.3) is 0 Å². The molecule has 0 amide bonds. The molecule has 0 fully saturated rings. The summed E-state index contributed by atoms with van der Waals surface area (Å²) < 4.78 is 0. The molecule has 47 heavy (non-hydrogen) atoms. The lowest BCUT2D eigenvalue weighted by molar-refractivity contribution is 0.339. The standard InChI is InChI=1S/C44H55N3/c1-9-46(10-2)37-25-21-35(22-26-37)43(36-23-27-38(28-24-36)47(11-3)12-4)41-29-30-42(40-16-14-13-15-39(40)41)45-31-33-17-19-34(20-18-33)32(5)44(6,7)8/h13-30,32,43,45H,9-12,31H2,1-8H3. The number of nitrogens with zero attached hydrogens (tertiary/aromatic N) is 2. The molecular formula is C44H55N3. The van der Waals surface area contributed by atoms with Gasteiger partial charge < -0.3 is 15.1 Å². The van der Waals surface area contributed by atoms with Gasteiger partial charge in [0.05, 0.1) is 0 Å². The summed E-state index contributed by atoms with van der Waals surface area (Å²) in [7, 11) is 0. The molecule has 0 aliphatic carbocycles. The Kier molecular flexibility index (Phi) is 11.0. The van der Waals surface area contributed by atoms with Crippen LogP contribution in [-0.4, -0.2) is 26.2 Å². The number of anilines is 3. The third kappa shape index (κ3) is 7.67. The molecule has 0 spiro atoms. The molecule has 3 heteroatoms. The minimum atomic E-state index is 0.114. The highest BCUT2D eigenvalue weighted by atomic mass is 15.1. The lowest BCUT2D eigenvalue weighted by Crippen LogP contribution is -2.22. The number of hydrogen-bond acceptors (Lipinski definition) is 3. The van der Waals surface area contributed by atoms with Crippen LogP contribution in [0, 0.1) is 5.41 Å². The molecule has 246 valence electrons. The van der Waals surface area contributed by atoms with Gasteiger partial charge in [-0.2, -0.15) is 0 Å². The van der Waals surface area contributed by atoms with Crippen molar-refractivity contribution in [3.8, 4) is 0 Å². The Hall–Kier alpha value is -4.24. The smallest absolute Gasteiger partial charge is 0.0422 e. The van der Waals surface area contributed by atoms with Gasteiger partial charge in [0.1, 0.15) is 0 Å². The monoisotopic (exact) mass is 625 g/mol. The van der Waals surface area contributed by atoms with Crippen molar-refractivity contribution >= 4 is 27.8 Å². The average molecular weight is 626 g/mol. The Bertz CT molecular complexity index is 1650. The van der Waals surface area contributed by atoms with Gasteiger partial charge in [-0.15, -0.1) is 0 Å². The summed E-state index contributed by atoms with van der Waals surface area (Å²) in [6.45, 7) is 23.0. The normalized spacial score (nSPS) is 12.4. The SMILES string of the molecule is CCN(CC)c1ccc(C(c2ccc(N(CC)CC)cc2)c2ccc(NCc3ccc(C(C)C(C)(C)C)cc3)c3ccccc23)cc1. The summed E-state index contributed by atoms with van der Waals surface area (Å²) in [4.78, 5) is 4.82. The Morgan fingerprint density at radius 2 is 1.02 bits per heavy atom. The molecule has 0 bridgehead atoms. The fourth-order valence-corrected chi connectivity index (χ4v) is 6.83. The molecule has 0 saturated carbocycles. The third-order valence-corrected chi connectivity index (χ3v) is 10.2. The fraction of sp³-hybridized carbons (Fsp3) is 0.364. The van der Waals surface area contributed by atoms with Gasteiger partial charge in [0.2, 0.25) is 0 Å². The van der Waals surface area contributed by atoms with Crippen molar-refractivity contribution in [2.75, 3.05) is 41.3 Å². The van der Waals surface area contributed by atoms with Gasteiger partial charge in [-0.1, -0.05) is 107 Å². The van der Waals surface area contributed by atoms with E-state index in [-0.39, 0.29) is 11.3 Å². The topological polar surface area (TPSA) is 18.5 Å². The van der Waals surface area contributed by atoms with Gasteiger partial charge in [-0.05, 0) is 103 Å². The summed E-state index contributed by atoms with van der Waals surface area (Å²) in [6, 6.07) is 41.2. The molecule has 0 radical (unpaired) electrons. The zero-order valence-corrected chi connectivity index (χ0v) is 30.0. The molecule has 5 rings (SSSR count). The first-order valence-electron chi connectivity index (χ1n) is 17.7. The molecule has 5 aromatic rings. The van der Waals surface area contributed by atoms with E-state index in [9.17, 15) is 0 Å². The highest BCUT2D eigenvalue weighted by molar-refractivity contribution is 5.97. The van der Waals surface area contributed by atoms with E-state index in [2.05, 4.69) is 180 Å². The van der Waals surface area contributed by atoms with E-state index in [0.717, 1.165) is 32.7 Å². The van der Waals surface area contributed by atoms with Crippen LogP contribution in [-0.2, 0) is 6.54 Å². The van der Waals surface area contributed by atoms with E-state index in [4.69, 9.17) is 0 Å². The highest BCUT2D eigenvalue weighted by Crippen LogP contribution is 2.40. The number of benzene rings is 5. The summed E-state index contributed by atoms with van der Waals surface area (Å²) in [5.41, 5.74) is 10.6. The molecule has 5 aromatic carbocycles. The molecule has 1 N–H and O–H groups in total. The zero-order chi connectivity index (χ0) is 33.6. The van der Waals surface area contributed by atoms with Crippen molar-refractivity contribution in [2.24, 2.45) is 5.41 Å². The van der Waals surface area contributed by atoms with Crippen LogP contribution in [0.3, 0.4) is 0 Å². The van der Waals surface area contributed by atoms with E-state index in [1.165, 1.54) is 55.7 Å². The van der Waals surface area contributed by atoms with E-state index in [1.54, 1.807) is 0 Å². The van der Waals surface area contributed by atoms with Crippen LogP contribution in [0.4, 0.5) is 17.1 Å². The largest absolute Gasteiger partial charge is 0.380 e. The van der Waals surface area contributed by atoms with Crippen molar-refractivity contribution < 1.29 is 0 Å². The number of nitrogens with one attached hydrogen (secondary N) is 1. The second-order valence-corrected chi connectivity index (χ2v) is 13.9. The molecule has 0 aromatic heterocycles. The summed E-state index contributed by atoms with van der Waals surface area (Å²) >= 11 is 0. The maximum Gasteiger partial charge on any atom is 0.0422 e. The van der Waals surface area contributed by atoms with Gasteiger partial charge in [0.15, 0.2) is 0 Å². The Balaban J connectivity index is 1.51. The average Bonchev–Trinajstić information content (AvgIpc) is 3.09. The molecule has 3 nitrogen and oxygen atoms in total. The minimum Gasteiger partial charge on any atom is -0.380 e. The molecular weight excluding hydrogens is 571 g/mol. The van der Waals surface area contributed by atoms with Crippen LogP contribution >= 0.6 is 0 Å². The van der Waals surface area contributed by atoms with Crippen molar-refractivity contribution in [3.63, 3.8) is 0 Å². The Morgan fingerprint density at radius 1 is 0.553 bits per heavy atom. The second kappa shape index (κ2) is 15.1. The number of hydrogen-bond donors (Lipinski definition) is 1. The van der Waals surface area contributed by atoms with E-state index in [0.29, 0.717) is 5.92 Å². The number of rotatable bonds is 13. The minimum absolute atomic E-state index is 0.114. The Labute approximate surface area is 284 Å². The van der Waals surface area contributed by atoms with E-state index < -0.39 is 0 Å². The predicted octanol–water partition coefficient (Wildman–Crippen LogP) is 11.5. The van der Waals surface area contributed by atoms with Gasteiger partial charge in [0, 0.05) is 61.1 Å². The summed E-state index contributed by atoms with van der Waals surface area (Å²) in [6.07, 6.45) is 0. The second-order valence-electron chi connectivity index (χ2n) is 13.9. The molecule has 0 aliphatic heterocycles. The van der Waals surface area contributed by atoms with Crippen LogP contribution < -0.4 is 15.1 Å². The van der Waals surface area contributed by atoms with Crippen LogP contribution in [0.25, 0.3) is 10.8 Å². The number of fused-ring (bicyclic) bond motifs is 1. The van der Waals surface area contributed by atoms with Crippen molar-refractivity contribution in [2.45, 2.75) is 73.8 Å². The maximum atomic E-state index is 3.78. The quantitative estimate of drug-likeness (QED) is 0.131.